The highest BCUT2D eigenvalue weighted by molar-refractivity contribution is 7.59. The molecule has 1 aliphatic carbocycles. The maximum absolute atomic E-state index is 14.7. The first-order valence-electron chi connectivity index (χ1n) is 12.0. The summed E-state index contributed by atoms with van der Waals surface area (Å²) in [5.41, 5.74) is 3.18. The molecule has 37 heavy (non-hydrogen) atoms. The van der Waals surface area contributed by atoms with Crippen molar-refractivity contribution in [2.45, 2.75) is 25.7 Å². The Morgan fingerprint density at radius 2 is 1.97 bits per heavy atom. The number of ether oxygens (including phenoxy) is 1. The van der Waals surface area contributed by atoms with Crippen molar-refractivity contribution >= 4 is 36.1 Å². The fraction of sp³-hybridized carbons (Fsp3) is 0.296. The van der Waals surface area contributed by atoms with E-state index in [1.54, 1.807) is 12.3 Å². The molecule has 1 fully saturated rings. The molecule has 0 radical (unpaired) electrons. The van der Waals surface area contributed by atoms with Gasteiger partial charge in [0.1, 0.15) is 18.0 Å². The van der Waals surface area contributed by atoms with E-state index in [2.05, 4.69) is 30.6 Å². The van der Waals surface area contributed by atoms with Crippen molar-refractivity contribution in [3.8, 4) is 17.1 Å². The number of rotatable bonds is 9. The van der Waals surface area contributed by atoms with Crippen LogP contribution in [0.2, 0.25) is 0 Å². The lowest BCUT2D eigenvalue weighted by Crippen LogP contribution is -2.19. The van der Waals surface area contributed by atoms with Crippen LogP contribution in [0.5, 0.6) is 5.88 Å². The molecule has 1 aromatic carbocycles. The molecule has 0 aliphatic heterocycles. The zero-order chi connectivity index (χ0) is 25.1. The number of aromatic nitrogens is 4. The third-order valence-corrected chi connectivity index (χ3v) is 6.33. The van der Waals surface area contributed by atoms with Crippen LogP contribution in [0.15, 0.2) is 55.1 Å². The molecule has 5 rings (SSSR count). The first-order chi connectivity index (χ1) is 17.5. The van der Waals surface area contributed by atoms with E-state index in [-0.39, 0.29) is 36.3 Å². The lowest BCUT2D eigenvalue weighted by atomic mass is 9.95. The second kappa shape index (κ2) is 11.5. The Bertz CT molecular complexity index is 1400. The topological polar surface area (TPSA) is 102 Å². The molecule has 1 amide bonds. The third-order valence-electron chi connectivity index (χ3n) is 6.33. The molecule has 3 aromatic heterocycles. The van der Waals surface area contributed by atoms with Crippen LogP contribution in [-0.4, -0.2) is 46.0 Å². The molecule has 192 valence electrons. The quantitative estimate of drug-likeness (QED) is 0.330. The lowest BCUT2D eigenvalue weighted by Gasteiger charge is -2.17. The van der Waals surface area contributed by atoms with Gasteiger partial charge in [0.05, 0.1) is 23.4 Å². The first kappa shape index (κ1) is 26.3. The van der Waals surface area contributed by atoms with Crippen LogP contribution in [0.3, 0.4) is 0 Å². The van der Waals surface area contributed by atoms with Crippen LogP contribution in [0.25, 0.3) is 22.2 Å². The summed E-state index contributed by atoms with van der Waals surface area (Å²) in [6.07, 6.45) is 7.25. The standard InChI is InChI=1S/C27H27FN6O2.H2S/c1-16(19-6-7-21(28)25-20(27(35)29-2)9-10-30-26(19)25)12-31-23-11-22(33-15-34-23)18-5-8-24(32-13-18)36-14-17-3-4-17;/h5-11,13,15-17H,3-4,12,14H2,1-2H3,(H,29,35)(H,31,33,34);1H2/t16-;/m1./s1. The summed E-state index contributed by atoms with van der Waals surface area (Å²) < 4.78 is 20.4. The Morgan fingerprint density at radius 1 is 1.14 bits per heavy atom. The second-order valence-electron chi connectivity index (χ2n) is 9.01. The van der Waals surface area contributed by atoms with Crippen molar-refractivity contribution in [2.75, 3.05) is 25.5 Å². The zero-order valence-corrected chi connectivity index (χ0v) is 21.7. The number of pyridine rings is 2. The van der Waals surface area contributed by atoms with E-state index in [9.17, 15) is 9.18 Å². The number of anilines is 1. The minimum Gasteiger partial charge on any atom is -0.477 e. The minimum atomic E-state index is -0.474. The normalized spacial score (nSPS) is 13.5. The summed E-state index contributed by atoms with van der Waals surface area (Å²) in [6, 6.07) is 10.3. The first-order valence-corrected chi connectivity index (χ1v) is 12.0. The van der Waals surface area contributed by atoms with E-state index in [0.29, 0.717) is 29.7 Å². The molecular weight excluding hydrogens is 491 g/mol. The number of nitrogens with one attached hydrogen (secondary N) is 2. The van der Waals surface area contributed by atoms with Gasteiger partial charge >= 0.3 is 0 Å². The Hall–Kier alpha value is -3.79. The molecule has 0 unspecified atom stereocenters. The van der Waals surface area contributed by atoms with Gasteiger partial charge in [-0.1, -0.05) is 13.0 Å². The van der Waals surface area contributed by atoms with Crippen LogP contribution in [0.1, 0.15) is 41.6 Å². The molecule has 10 heteroatoms. The molecule has 3 heterocycles. The molecule has 2 N–H and O–H groups in total. The van der Waals surface area contributed by atoms with Gasteiger partial charge in [0, 0.05) is 55.0 Å². The summed E-state index contributed by atoms with van der Waals surface area (Å²) in [6.45, 7) is 3.26. The van der Waals surface area contributed by atoms with Gasteiger partial charge in [-0.15, -0.1) is 0 Å². The molecule has 0 spiro atoms. The number of hydrogen-bond acceptors (Lipinski definition) is 7. The maximum atomic E-state index is 14.7. The van der Waals surface area contributed by atoms with Gasteiger partial charge in [0.2, 0.25) is 5.88 Å². The van der Waals surface area contributed by atoms with Crippen LogP contribution in [-0.2, 0) is 0 Å². The van der Waals surface area contributed by atoms with Crippen LogP contribution >= 0.6 is 13.5 Å². The summed E-state index contributed by atoms with van der Waals surface area (Å²) in [5.74, 6) is 1.08. The molecule has 8 nitrogen and oxygen atoms in total. The third kappa shape index (κ3) is 5.96. The Balaban J connectivity index is 0.00000320. The maximum Gasteiger partial charge on any atom is 0.251 e. The lowest BCUT2D eigenvalue weighted by molar-refractivity contribution is 0.0964. The van der Waals surface area contributed by atoms with Crippen molar-refractivity contribution in [1.82, 2.24) is 25.3 Å². The predicted octanol–water partition coefficient (Wildman–Crippen LogP) is 4.70. The van der Waals surface area contributed by atoms with E-state index in [1.807, 2.05) is 25.1 Å². The average Bonchev–Trinajstić information content (AvgIpc) is 3.75. The molecule has 0 bridgehead atoms. The van der Waals surface area contributed by atoms with E-state index in [0.717, 1.165) is 23.4 Å². The summed E-state index contributed by atoms with van der Waals surface area (Å²) in [4.78, 5) is 29.7. The smallest absolute Gasteiger partial charge is 0.251 e. The predicted molar refractivity (Wildman–Crippen MR) is 146 cm³/mol. The number of carbonyl (C=O) groups excluding carboxylic acids is 1. The number of hydrogen-bond donors (Lipinski definition) is 2. The van der Waals surface area contributed by atoms with Gasteiger partial charge in [0.15, 0.2) is 0 Å². The highest BCUT2D eigenvalue weighted by Gasteiger charge is 2.22. The second-order valence-corrected chi connectivity index (χ2v) is 9.01. The molecular formula is C27H29FN6O2S. The van der Waals surface area contributed by atoms with Gasteiger partial charge in [-0.2, -0.15) is 13.5 Å². The highest BCUT2D eigenvalue weighted by Crippen LogP contribution is 2.30. The Kier molecular flexibility index (Phi) is 8.17. The van der Waals surface area contributed by atoms with E-state index in [4.69, 9.17) is 4.74 Å². The summed E-state index contributed by atoms with van der Waals surface area (Å²) in [7, 11) is 1.52. The summed E-state index contributed by atoms with van der Waals surface area (Å²) in [5, 5.41) is 6.12. The largest absolute Gasteiger partial charge is 0.477 e. The van der Waals surface area contributed by atoms with Crippen molar-refractivity contribution in [3.63, 3.8) is 0 Å². The zero-order valence-electron chi connectivity index (χ0n) is 20.7. The van der Waals surface area contributed by atoms with Gasteiger partial charge < -0.3 is 15.4 Å². The van der Waals surface area contributed by atoms with Gasteiger partial charge in [0.25, 0.3) is 5.91 Å². The number of nitrogens with zero attached hydrogens (tertiary/aromatic N) is 4. The van der Waals surface area contributed by atoms with Crippen LogP contribution < -0.4 is 15.4 Å². The number of carbonyl (C=O) groups is 1. The van der Waals surface area contributed by atoms with Crippen molar-refractivity contribution in [3.05, 3.63) is 72.1 Å². The fourth-order valence-electron chi connectivity index (χ4n) is 4.05. The monoisotopic (exact) mass is 520 g/mol. The number of benzene rings is 1. The molecule has 4 aromatic rings. The van der Waals surface area contributed by atoms with Crippen molar-refractivity contribution < 1.29 is 13.9 Å². The number of fused-ring (bicyclic) bond motifs is 1. The van der Waals surface area contributed by atoms with Crippen molar-refractivity contribution in [2.24, 2.45) is 5.92 Å². The molecule has 1 aliphatic rings. The number of amides is 1. The van der Waals surface area contributed by atoms with Gasteiger partial charge in [-0.25, -0.2) is 19.3 Å². The molecule has 1 atom stereocenters. The minimum absolute atomic E-state index is 0. The Labute approximate surface area is 221 Å². The fourth-order valence-corrected chi connectivity index (χ4v) is 4.05. The van der Waals surface area contributed by atoms with Gasteiger partial charge in [-0.3, -0.25) is 9.78 Å². The molecule has 1 saturated carbocycles. The van der Waals surface area contributed by atoms with E-state index < -0.39 is 5.82 Å². The highest BCUT2D eigenvalue weighted by atomic mass is 32.1. The van der Waals surface area contributed by atoms with E-state index in [1.165, 1.54) is 44.5 Å². The Morgan fingerprint density at radius 3 is 2.70 bits per heavy atom. The number of halogens is 1. The average molecular weight is 521 g/mol. The molecule has 0 saturated heterocycles. The SMILES string of the molecule is CNC(=O)c1ccnc2c([C@H](C)CNc3cc(-c4ccc(OCC5CC5)nc4)ncn3)ccc(F)c12.S. The van der Waals surface area contributed by atoms with Crippen LogP contribution in [0, 0.1) is 11.7 Å². The van der Waals surface area contributed by atoms with Gasteiger partial charge in [-0.05, 0) is 42.5 Å². The van der Waals surface area contributed by atoms with Crippen molar-refractivity contribution in [1.29, 1.82) is 0 Å². The van der Waals surface area contributed by atoms with E-state index >= 15 is 0 Å². The van der Waals surface area contributed by atoms with Crippen LogP contribution in [0.4, 0.5) is 10.2 Å². The summed E-state index contributed by atoms with van der Waals surface area (Å²) >= 11 is 0.